The van der Waals surface area contributed by atoms with E-state index in [0.29, 0.717) is 10.4 Å². The van der Waals surface area contributed by atoms with Crippen molar-refractivity contribution in [1.29, 1.82) is 0 Å². The molecule has 6 nitrogen and oxygen atoms in total. The van der Waals surface area contributed by atoms with Crippen LogP contribution in [0.15, 0.2) is 30.3 Å². The third kappa shape index (κ3) is 2.59. The molecule has 0 N–H and O–H groups in total. The van der Waals surface area contributed by atoms with Crippen molar-refractivity contribution < 1.29 is 22.3 Å². The van der Waals surface area contributed by atoms with Crippen molar-refractivity contribution in [1.82, 2.24) is 5.06 Å². The van der Waals surface area contributed by atoms with E-state index in [9.17, 15) is 18.0 Å². The van der Waals surface area contributed by atoms with Gasteiger partial charge in [-0.05, 0) is 28.5 Å². The molecular formula is C17H17NO5S. The lowest BCUT2D eigenvalue weighted by molar-refractivity contribution is -0.0149. The van der Waals surface area contributed by atoms with Gasteiger partial charge in [0.25, 0.3) is 21.9 Å². The molecular weight excluding hydrogens is 330 g/mol. The average molecular weight is 347 g/mol. The van der Waals surface area contributed by atoms with Crippen LogP contribution < -0.4 is 0 Å². The SMILES string of the molecule is CC(C)(C)c1ccc2c3c(cccc13)C(=O)N(OS(C)(=O)=O)C2=O. The van der Waals surface area contributed by atoms with Gasteiger partial charge in [-0.1, -0.05) is 39.0 Å². The first-order valence-corrected chi connectivity index (χ1v) is 9.17. The second-order valence-electron chi connectivity index (χ2n) is 6.82. The molecule has 2 aromatic carbocycles. The van der Waals surface area contributed by atoms with Gasteiger partial charge in [-0.2, -0.15) is 8.42 Å². The van der Waals surface area contributed by atoms with Crippen LogP contribution in [0.1, 0.15) is 47.1 Å². The highest BCUT2D eigenvalue weighted by Crippen LogP contribution is 2.36. The maximum absolute atomic E-state index is 12.6. The van der Waals surface area contributed by atoms with Crippen molar-refractivity contribution in [2.45, 2.75) is 26.2 Å². The van der Waals surface area contributed by atoms with Gasteiger partial charge >= 0.3 is 0 Å². The van der Waals surface area contributed by atoms with Crippen LogP contribution in [0.4, 0.5) is 0 Å². The van der Waals surface area contributed by atoms with Gasteiger partial charge in [0.15, 0.2) is 0 Å². The Morgan fingerprint density at radius 3 is 2.08 bits per heavy atom. The minimum Gasteiger partial charge on any atom is -0.266 e. The van der Waals surface area contributed by atoms with Crippen LogP contribution in [-0.4, -0.2) is 31.6 Å². The molecule has 0 saturated carbocycles. The van der Waals surface area contributed by atoms with Crippen LogP contribution in [-0.2, 0) is 19.8 Å². The predicted octanol–water partition coefficient (Wildman–Crippen LogP) is 2.62. The van der Waals surface area contributed by atoms with E-state index >= 15 is 0 Å². The number of benzene rings is 2. The molecule has 1 aliphatic heterocycles. The Bertz CT molecular complexity index is 964. The topological polar surface area (TPSA) is 80.8 Å². The lowest BCUT2D eigenvalue weighted by Gasteiger charge is -2.28. The standard InChI is InChI=1S/C17H17NO5S/c1-17(2,3)13-9-8-12-14-10(13)6-5-7-11(14)15(19)18(16(12)20)23-24(4,21)22/h5-9H,1-4H3. The lowest BCUT2D eigenvalue weighted by atomic mass is 9.81. The Morgan fingerprint density at radius 2 is 1.54 bits per heavy atom. The van der Waals surface area contributed by atoms with Crippen molar-refractivity contribution in [3.8, 4) is 0 Å². The van der Waals surface area contributed by atoms with Crippen molar-refractivity contribution in [2.24, 2.45) is 0 Å². The average Bonchev–Trinajstić information content (AvgIpc) is 2.46. The van der Waals surface area contributed by atoms with Crippen molar-refractivity contribution in [3.63, 3.8) is 0 Å². The molecule has 0 saturated heterocycles. The first-order chi connectivity index (χ1) is 11.0. The normalized spacial score (nSPS) is 15.2. The van der Waals surface area contributed by atoms with Gasteiger partial charge in [-0.3, -0.25) is 9.59 Å². The summed E-state index contributed by atoms with van der Waals surface area (Å²) in [5, 5.41) is 1.65. The summed E-state index contributed by atoms with van der Waals surface area (Å²) >= 11 is 0. The zero-order valence-corrected chi connectivity index (χ0v) is 14.6. The van der Waals surface area contributed by atoms with E-state index in [1.165, 1.54) is 0 Å². The minimum atomic E-state index is -4.01. The first kappa shape index (κ1) is 16.6. The van der Waals surface area contributed by atoms with Gasteiger partial charge in [-0.15, -0.1) is 9.35 Å². The summed E-state index contributed by atoms with van der Waals surface area (Å²) in [5.41, 5.74) is 1.32. The quantitative estimate of drug-likeness (QED) is 0.780. The van der Waals surface area contributed by atoms with Gasteiger partial charge in [0.2, 0.25) is 0 Å². The summed E-state index contributed by atoms with van der Waals surface area (Å²) in [4.78, 5) is 25.1. The second kappa shape index (κ2) is 5.12. The smallest absolute Gasteiger partial charge is 0.266 e. The Labute approximate surface area is 140 Å². The highest BCUT2D eigenvalue weighted by Gasteiger charge is 2.37. The third-order valence-electron chi connectivity index (χ3n) is 3.89. The molecule has 2 amide bonds. The number of hydroxylamine groups is 2. The summed E-state index contributed by atoms with van der Waals surface area (Å²) in [6, 6.07) is 8.57. The highest BCUT2D eigenvalue weighted by atomic mass is 32.2. The molecule has 1 heterocycles. The maximum Gasteiger partial charge on any atom is 0.286 e. The number of nitrogens with zero attached hydrogens (tertiary/aromatic N) is 1. The van der Waals surface area contributed by atoms with Crippen LogP contribution in [0.25, 0.3) is 10.8 Å². The van der Waals surface area contributed by atoms with Gasteiger partial charge in [-0.25, -0.2) is 0 Å². The van der Waals surface area contributed by atoms with Gasteiger partial charge in [0, 0.05) is 5.39 Å². The fourth-order valence-corrected chi connectivity index (χ4v) is 3.34. The van der Waals surface area contributed by atoms with Crippen molar-refractivity contribution in [2.75, 3.05) is 6.26 Å². The van der Waals surface area contributed by atoms with E-state index in [2.05, 4.69) is 4.28 Å². The molecule has 2 aromatic rings. The molecule has 0 aromatic heterocycles. The highest BCUT2D eigenvalue weighted by molar-refractivity contribution is 7.85. The minimum absolute atomic E-state index is 0.177. The van der Waals surface area contributed by atoms with Crippen LogP contribution in [0.5, 0.6) is 0 Å². The molecule has 1 aliphatic rings. The molecule has 7 heteroatoms. The number of carbonyl (C=O) groups excluding carboxylic acids is 2. The molecule has 0 unspecified atom stereocenters. The van der Waals surface area contributed by atoms with Gasteiger partial charge in [0.1, 0.15) is 0 Å². The van der Waals surface area contributed by atoms with E-state index in [1.54, 1.807) is 18.2 Å². The Balaban J connectivity index is 2.31. The summed E-state index contributed by atoms with van der Waals surface area (Å²) in [7, 11) is -4.01. The molecule has 0 fully saturated rings. The summed E-state index contributed by atoms with van der Waals surface area (Å²) < 4.78 is 27.3. The van der Waals surface area contributed by atoms with Crippen LogP contribution in [0, 0.1) is 0 Å². The number of carbonyl (C=O) groups is 2. The van der Waals surface area contributed by atoms with Crippen LogP contribution in [0.3, 0.4) is 0 Å². The molecule has 0 radical (unpaired) electrons. The first-order valence-electron chi connectivity index (χ1n) is 7.35. The third-order valence-corrected chi connectivity index (χ3v) is 4.31. The zero-order valence-electron chi connectivity index (χ0n) is 13.8. The molecule has 0 bridgehead atoms. The van der Waals surface area contributed by atoms with Crippen LogP contribution in [0.2, 0.25) is 0 Å². The van der Waals surface area contributed by atoms with E-state index in [4.69, 9.17) is 0 Å². The Kier molecular flexibility index (Phi) is 3.54. The van der Waals surface area contributed by atoms with Gasteiger partial charge in [0.05, 0.1) is 17.4 Å². The van der Waals surface area contributed by atoms with Crippen LogP contribution >= 0.6 is 0 Å². The molecule has 0 spiro atoms. The summed E-state index contributed by atoms with van der Waals surface area (Å²) in [6.07, 6.45) is 0.784. The molecule has 0 atom stereocenters. The van der Waals surface area contributed by atoms with Crippen molar-refractivity contribution >= 4 is 32.7 Å². The summed E-state index contributed by atoms with van der Waals surface area (Å²) in [5.74, 6) is -1.57. The summed E-state index contributed by atoms with van der Waals surface area (Å²) in [6.45, 7) is 6.13. The molecule has 3 rings (SSSR count). The second-order valence-corrected chi connectivity index (χ2v) is 8.38. The Hall–Kier alpha value is -2.25. The number of rotatable bonds is 2. The van der Waals surface area contributed by atoms with E-state index in [0.717, 1.165) is 17.2 Å². The van der Waals surface area contributed by atoms with Gasteiger partial charge < -0.3 is 0 Å². The zero-order chi connectivity index (χ0) is 17.9. The van der Waals surface area contributed by atoms with Crippen molar-refractivity contribution in [3.05, 3.63) is 47.0 Å². The number of amides is 2. The molecule has 126 valence electrons. The number of imide groups is 1. The monoisotopic (exact) mass is 347 g/mol. The molecule has 0 aliphatic carbocycles. The largest absolute Gasteiger partial charge is 0.286 e. The Morgan fingerprint density at radius 1 is 0.958 bits per heavy atom. The van der Waals surface area contributed by atoms with E-state index < -0.39 is 21.9 Å². The fourth-order valence-electron chi connectivity index (χ4n) is 2.93. The number of hydrogen-bond acceptors (Lipinski definition) is 5. The maximum atomic E-state index is 12.6. The van der Waals surface area contributed by atoms with E-state index in [-0.39, 0.29) is 16.5 Å². The molecule has 24 heavy (non-hydrogen) atoms. The predicted molar refractivity (Wildman–Crippen MR) is 89.1 cm³/mol. The van der Waals surface area contributed by atoms with E-state index in [1.807, 2.05) is 32.9 Å². The lowest BCUT2D eigenvalue weighted by Crippen LogP contribution is -2.41. The number of hydrogen-bond donors (Lipinski definition) is 0. The fraction of sp³-hybridized carbons (Fsp3) is 0.294.